The van der Waals surface area contributed by atoms with Crippen LogP contribution in [0.15, 0.2) is 18.2 Å². The predicted octanol–water partition coefficient (Wildman–Crippen LogP) is 1.50. The lowest BCUT2D eigenvalue weighted by Gasteiger charge is -2.13. The van der Waals surface area contributed by atoms with Gasteiger partial charge in [-0.25, -0.2) is 4.39 Å². The van der Waals surface area contributed by atoms with Gasteiger partial charge in [-0.2, -0.15) is 0 Å². The van der Waals surface area contributed by atoms with Crippen LogP contribution in [0.3, 0.4) is 0 Å². The van der Waals surface area contributed by atoms with Crippen LogP contribution in [0.5, 0.6) is 5.75 Å². The maximum Gasteiger partial charge on any atom is 0.258 e. The highest BCUT2D eigenvalue weighted by molar-refractivity contribution is 5.78. The smallest absolute Gasteiger partial charge is 0.258 e. The Balaban J connectivity index is 1.98. The molecular weight excluding hydrogens is 235 g/mol. The molecule has 2 rings (SSSR count). The van der Waals surface area contributed by atoms with E-state index in [2.05, 4.69) is 5.32 Å². The largest absolute Gasteiger partial charge is 0.483 e. The van der Waals surface area contributed by atoms with Crippen LogP contribution in [0, 0.1) is 5.82 Å². The molecule has 0 heterocycles. The lowest BCUT2D eigenvalue weighted by atomic mass is 10.1. The van der Waals surface area contributed by atoms with Gasteiger partial charge in [0, 0.05) is 23.7 Å². The highest BCUT2D eigenvalue weighted by atomic mass is 19.1. The van der Waals surface area contributed by atoms with Crippen molar-refractivity contribution in [3.63, 3.8) is 0 Å². The first-order valence-corrected chi connectivity index (χ1v) is 6.03. The third-order valence-electron chi connectivity index (χ3n) is 2.77. The first kappa shape index (κ1) is 12.8. The summed E-state index contributed by atoms with van der Waals surface area (Å²) in [4.78, 5) is 11.5. The molecule has 0 aliphatic heterocycles. The highest BCUT2D eigenvalue weighted by Crippen LogP contribution is 2.25. The van der Waals surface area contributed by atoms with Gasteiger partial charge in [-0.15, -0.1) is 0 Å². The van der Waals surface area contributed by atoms with Gasteiger partial charge in [-0.05, 0) is 25.8 Å². The van der Waals surface area contributed by atoms with E-state index < -0.39 is 5.82 Å². The van der Waals surface area contributed by atoms with Gasteiger partial charge < -0.3 is 15.8 Å². The number of benzene rings is 1. The number of amides is 1. The molecule has 1 aliphatic carbocycles. The molecule has 5 heteroatoms. The van der Waals surface area contributed by atoms with Gasteiger partial charge in [0.2, 0.25) is 0 Å². The Morgan fingerprint density at radius 3 is 2.94 bits per heavy atom. The molecular formula is C13H17FN2O2. The second-order valence-corrected chi connectivity index (χ2v) is 4.60. The fraction of sp³-hybridized carbons (Fsp3) is 0.462. The van der Waals surface area contributed by atoms with E-state index >= 15 is 0 Å². The fourth-order valence-corrected chi connectivity index (χ4v) is 1.65. The van der Waals surface area contributed by atoms with Gasteiger partial charge in [0.05, 0.1) is 0 Å². The van der Waals surface area contributed by atoms with Crippen LogP contribution >= 0.6 is 0 Å². The van der Waals surface area contributed by atoms with Crippen molar-refractivity contribution in [3.05, 3.63) is 29.6 Å². The van der Waals surface area contributed by atoms with E-state index in [1.165, 1.54) is 12.1 Å². The summed E-state index contributed by atoms with van der Waals surface area (Å²) in [5, 5.41) is 2.80. The Kier molecular flexibility index (Phi) is 3.81. The second kappa shape index (κ2) is 5.35. The lowest BCUT2D eigenvalue weighted by Crippen LogP contribution is -2.30. The summed E-state index contributed by atoms with van der Waals surface area (Å²) in [6.07, 6.45) is 2.05. The zero-order chi connectivity index (χ0) is 13.1. The van der Waals surface area contributed by atoms with E-state index in [0.717, 1.165) is 12.8 Å². The van der Waals surface area contributed by atoms with Crippen molar-refractivity contribution in [2.75, 3.05) is 6.61 Å². The van der Waals surface area contributed by atoms with Gasteiger partial charge in [0.25, 0.3) is 5.91 Å². The summed E-state index contributed by atoms with van der Waals surface area (Å²) >= 11 is 0. The number of halogens is 1. The number of nitrogens with one attached hydrogen (secondary N) is 1. The molecule has 0 aromatic heterocycles. The molecule has 18 heavy (non-hydrogen) atoms. The molecule has 1 fully saturated rings. The summed E-state index contributed by atoms with van der Waals surface area (Å²) in [7, 11) is 0. The average Bonchev–Trinajstić information content (AvgIpc) is 3.10. The maximum absolute atomic E-state index is 13.1. The molecule has 1 atom stereocenters. The topological polar surface area (TPSA) is 64.3 Å². The number of carbonyl (C=O) groups is 1. The molecule has 1 amide bonds. The predicted molar refractivity (Wildman–Crippen MR) is 65.7 cm³/mol. The highest BCUT2D eigenvalue weighted by Gasteiger charge is 2.23. The van der Waals surface area contributed by atoms with Crippen LogP contribution in [0.1, 0.15) is 31.4 Å². The second-order valence-electron chi connectivity index (χ2n) is 4.60. The summed E-state index contributed by atoms with van der Waals surface area (Å²) in [5.74, 6) is -0.259. The molecule has 0 bridgehead atoms. The molecule has 3 N–H and O–H groups in total. The SMILES string of the molecule is CC(N)c1ccc(F)cc1OCC(=O)NC1CC1. The maximum atomic E-state index is 13.1. The standard InChI is InChI=1S/C13H17FN2O2/c1-8(15)11-5-2-9(14)6-12(11)18-7-13(17)16-10-3-4-10/h2,5-6,8,10H,3-4,7,15H2,1H3,(H,16,17). The number of carbonyl (C=O) groups excluding carboxylic acids is 1. The summed E-state index contributed by atoms with van der Waals surface area (Å²) in [6, 6.07) is 4.18. The molecule has 0 saturated heterocycles. The molecule has 98 valence electrons. The van der Waals surface area contributed by atoms with E-state index in [4.69, 9.17) is 10.5 Å². The van der Waals surface area contributed by atoms with E-state index in [1.807, 2.05) is 0 Å². The molecule has 1 aromatic carbocycles. The van der Waals surface area contributed by atoms with Gasteiger partial charge in [0.15, 0.2) is 6.61 Å². The van der Waals surface area contributed by atoms with Crippen molar-refractivity contribution in [2.24, 2.45) is 5.73 Å². The minimum Gasteiger partial charge on any atom is -0.483 e. The number of hydrogen-bond donors (Lipinski definition) is 2. The Hall–Kier alpha value is -1.62. The molecule has 1 aliphatic rings. The Labute approximate surface area is 105 Å². The summed E-state index contributed by atoms with van der Waals surface area (Å²) in [5.41, 5.74) is 6.45. The zero-order valence-electron chi connectivity index (χ0n) is 10.3. The first-order chi connectivity index (χ1) is 8.56. The van der Waals surface area contributed by atoms with Crippen molar-refractivity contribution >= 4 is 5.91 Å². The van der Waals surface area contributed by atoms with Crippen LogP contribution in [0.4, 0.5) is 4.39 Å². The number of nitrogens with two attached hydrogens (primary N) is 1. The fourth-order valence-electron chi connectivity index (χ4n) is 1.65. The van der Waals surface area contributed by atoms with Crippen molar-refractivity contribution in [2.45, 2.75) is 31.8 Å². The van der Waals surface area contributed by atoms with Crippen molar-refractivity contribution in [1.82, 2.24) is 5.32 Å². The van der Waals surface area contributed by atoms with Crippen LogP contribution in [0.2, 0.25) is 0 Å². The number of rotatable bonds is 5. The normalized spacial score (nSPS) is 16.2. The Morgan fingerprint density at radius 2 is 2.33 bits per heavy atom. The van der Waals surface area contributed by atoms with E-state index in [-0.39, 0.29) is 18.6 Å². The van der Waals surface area contributed by atoms with Gasteiger partial charge in [-0.1, -0.05) is 6.07 Å². The minimum absolute atomic E-state index is 0.111. The monoisotopic (exact) mass is 252 g/mol. The van der Waals surface area contributed by atoms with E-state index in [9.17, 15) is 9.18 Å². The molecule has 1 aromatic rings. The van der Waals surface area contributed by atoms with Crippen molar-refractivity contribution < 1.29 is 13.9 Å². The summed E-state index contributed by atoms with van der Waals surface area (Å²) < 4.78 is 18.5. The summed E-state index contributed by atoms with van der Waals surface area (Å²) in [6.45, 7) is 1.67. The number of ether oxygens (including phenoxy) is 1. The molecule has 0 spiro atoms. The van der Waals surface area contributed by atoms with E-state index in [0.29, 0.717) is 17.4 Å². The average molecular weight is 252 g/mol. The number of hydrogen-bond acceptors (Lipinski definition) is 3. The van der Waals surface area contributed by atoms with Crippen LogP contribution < -0.4 is 15.8 Å². The van der Waals surface area contributed by atoms with Crippen LogP contribution in [-0.4, -0.2) is 18.6 Å². The first-order valence-electron chi connectivity index (χ1n) is 6.03. The molecule has 4 nitrogen and oxygen atoms in total. The van der Waals surface area contributed by atoms with Gasteiger partial charge >= 0.3 is 0 Å². The third kappa shape index (κ3) is 3.43. The Morgan fingerprint density at radius 1 is 1.61 bits per heavy atom. The van der Waals surface area contributed by atoms with Crippen LogP contribution in [0.25, 0.3) is 0 Å². The molecule has 1 saturated carbocycles. The molecule has 0 radical (unpaired) electrons. The zero-order valence-corrected chi connectivity index (χ0v) is 10.3. The molecule has 1 unspecified atom stereocenters. The van der Waals surface area contributed by atoms with E-state index in [1.54, 1.807) is 13.0 Å². The minimum atomic E-state index is -0.406. The Bertz CT molecular complexity index is 445. The van der Waals surface area contributed by atoms with Gasteiger partial charge in [0.1, 0.15) is 11.6 Å². The third-order valence-corrected chi connectivity index (χ3v) is 2.77. The van der Waals surface area contributed by atoms with Crippen molar-refractivity contribution in [1.29, 1.82) is 0 Å². The van der Waals surface area contributed by atoms with Gasteiger partial charge in [-0.3, -0.25) is 4.79 Å². The quantitative estimate of drug-likeness (QED) is 0.834. The van der Waals surface area contributed by atoms with Crippen molar-refractivity contribution in [3.8, 4) is 5.75 Å². The van der Waals surface area contributed by atoms with Crippen LogP contribution in [-0.2, 0) is 4.79 Å². The lowest BCUT2D eigenvalue weighted by molar-refractivity contribution is -0.123.